The molecule has 0 bridgehead atoms. The lowest BCUT2D eigenvalue weighted by Gasteiger charge is -2.29. The van der Waals surface area contributed by atoms with E-state index in [9.17, 15) is 14.0 Å². The van der Waals surface area contributed by atoms with Crippen molar-refractivity contribution in [1.29, 1.82) is 0 Å². The number of carbonyl (C=O) groups excluding carboxylic acids is 2. The molecule has 3 saturated heterocycles. The zero-order valence-corrected chi connectivity index (χ0v) is 16.5. The highest BCUT2D eigenvalue weighted by atomic mass is 35.5. The summed E-state index contributed by atoms with van der Waals surface area (Å²) in [5, 5.41) is 4.09. The number of amides is 2. The molecule has 0 N–H and O–H groups in total. The Hall–Kier alpha value is -2.48. The Balaban J connectivity index is 1.56. The van der Waals surface area contributed by atoms with Crippen LogP contribution in [0.4, 0.5) is 10.1 Å². The van der Waals surface area contributed by atoms with Crippen LogP contribution in [0.3, 0.4) is 0 Å². The minimum absolute atomic E-state index is 0.0464. The molecule has 0 spiro atoms. The normalized spacial score (nSPS) is 26.9. The quantitative estimate of drug-likeness (QED) is 0.721. The van der Waals surface area contributed by atoms with Gasteiger partial charge < -0.3 is 4.74 Å². The van der Waals surface area contributed by atoms with E-state index in [1.807, 2.05) is 29.3 Å². The van der Waals surface area contributed by atoms with E-state index in [0.29, 0.717) is 0 Å². The van der Waals surface area contributed by atoms with E-state index in [4.69, 9.17) is 16.3 Å². The summed E-state index contributed by atoms with van der Waals surface area (Å²) in [5.74, 6) is -1.10. The molecule has 0 aromatic heterocycles. The van der Waals surface area contributed by atoms with Gasteiger partial charge in [-0.05, 0) is 42.3 Å². The van der Waals surface area contributed by atoms with Gasteiger partial charge in [0.05, 0.1) is 29.8 Å². The minimum atomic E-state index is -0.656. The van der Waals surface area contributed by atoms with Gasteiger partial charge in [0.15, 0.2) is 0 Å². The van der Waals surface area contributed by atoms with Crippen molar-refractivity contribution in [2.75, 3.05) is 25.1 Å². The van der Waals surface area contributed by atoms with Gasteiger partial charge in [0.2, 0.25) is 5.91 Å². The van der Waals surface area contributed by atoms with E-state index in [-0.39, 0.29) is 28.6 Å². The molecule has 2 aromatic carbocycles. The van der Waals surface area contributed by atoms with Crippen molar-refractivity contribution >= 4 is 29.1 Å². The molecule has 2 aromatic rings. The van der Waals surface area contributed by atoms with Crippen LogP contribution in [0.2, 0.25) is 5.02 Å². The van der Waals surface area contributed by atoms with Crippen LogP contribution < -0.4 is 9.64 Å². The Morgan fingerprint density at radius 3 is 2.34 bits per heavy atom. The number of nitrogens with zero attached hydrogens (tertiary/aromatic N) is 3. The van der Waals surface area contributed by atoms with Crippen molar-refractivity contribution < 1.29 is 18.7 Å². The average molecular weight is 416 g/mol. The highest BCUT2D eigenvalue weighted by molar-refractivity contribution is 6.31. The number of fused-ring (bicyclic) bond motifs is 3. The first-order valence-corrected chi connectivity index (χ1v) is 9.89. The van der Waals surface area contributed by atoms with Gasteiger partial charge in [-0.2, -0.15) is 0 Å². The minimum Gasteiger partial charge on any atom is -0.497 e. The van der Waals surface area contributed by atoms with Crippen molar-refractivity contribution in [2.24, 2.45) is 5.92 Å². The van der Waals surface area contributed by atoms with Crippen LogP contribution in [0.25, 0.3) is 0 Å². The van der Waals surface area contributed by atoms with Crippen molar-refractivity contribution in [1.82, 2.24) is 10.0 Å². The Morgan fingerprint density at radius 1 is 1.00 bits per heavy atom. The first-order chi connectivity index (χ1) is 14.0. The Morgan fingerprint density at radius 2 is 1.69 bits per heavy atom. The third-order valence-electron chi connectivity index (χ3n) is 6.02. The summed E-state index contributed by atoms with van der Waals surface area (Å²) in [6.07, 6.45) is 0.924. The zero-order chi connectivity index (χ0) is 20.3. The molecule has 3 atom stereocenters. The number of carbonyl (C=O) groups is 2. The van der Waals surface area contributed by atoms with Crippen LogP contribution in [-0.4, -0.2) is 48.1 Å². The molecular formula is C21H19ClFN3O3. The lowest BCUT2D eigenvalue weighted by molar-refractivity contribution is -0.126. The van der Waals surface area contributed by atoms with E-state index in [0.717, 1.165) is 41.8 Å². The summed E-state index contributed by atoms with van der Waals surface area (Å²) in [5.41, 5.74) is 1.17. The summed E-state index contributed by atoms with van der Waals surface area (Å²) in [7, 11) is 1.60. The van der Waals surface area contributed by atoms with E-state index < -0.39 is 17.8 Å². The molecule has 29 heavy (non-hydrogen) atoms. The number of anilines is 1. The fourth-order valence-electron chi connectivity index (χ4n) is 4.79. The zero-order valence-electron chi connectivity index (χ0n) is 15.7. The van der Waals surface area contributed by atoms with Crippen LogP contribution >= 0.6 is 11.6 Å². The van der Waals surface area contributed by atoms with Gasteiger partial charge in [0.25, 0.3) is 5.91 Å². The van der Waals surface area contributed by atoms with Crippen LogP contribution in [0.1, 0.15) is 18.0 Å². The molecule has 2 amide bonds. The van der Waals surface area contributed by atoms with Crippen LogP contribution in [-0.2, 0) is 9.59 Å². The number of imide groups is 1. The standard InChI is InChI=1S/C21H19ClFN3O3/c1-29-14-6-3-12(4-7-14)18-17-19(25-10-2-9-24(18)25)21(28)26(20(17)27)13-5-8-15(22)16(23)11-13/h3-8,11,17-19H,2,9-10H2,1H3. The summed E-state index contributed by atoms with van der Waals surface area (Å²) < 4.78 is 19.2. The van der Waals surface area contributed by atoms with Crippen LogP contribution in [0.5, 0.6) is 5.75 Å². The number of benzene rings is 2. The molecule has 150 valence electrons. The lowest BCUT2D eigenvalue weighted by atomic mass is 9.90. The monoisotopic (exact) mass is 415 g/mol. The van der Waals surface area contributed by atoms with E-state index in [1.54, 1.807) is 7.11 Å². The second kappa shape index (κ2) is 6.79. The molecule has 6 nitrogen and oxygen atoms in total. The summed E-state index contributed by atoms with van der Waals surface area (Å²) in [4.78, 5) is 27.8. The maximum Gasteiger partial charge on any atom is 0.253 e. The van der Waals surface area contributed by atoms with Gasteiger partial charge in [-0.15, -0.1) is 0 Å². The number of ether oxygens (including phenoxy) is 1. The molecule has 5 rings (SSSR count). The van der Waals surface area contributed by atoms with Crippen molar-refractivity contribution in [2.45, 2.75) is 18.5 Å². The third-order valence-corrected chi connectivity index (χ3v) is 6.33. The number of rotatable bonds is 3. The smallest absolute Gasteiger partial charge is 0.253 e. The number of hydrogen-bond donors (Lipinski definition) is 0. The number of methoxy groups -OCH3 is 1. The van der Waals surface area contributed by atoms with Gasteiger partial charge in [-0.3, -0.25) is 9.59 Å². The van der Waals surface area contributed by atoms with Crippen molar-refractivity contribution in [3.8, 4) is 5.75 Å². The Labute approximate surface area is 172 Å². The molecule has 3 heterocycles. The second-order valence-corrected chi connectivity index (χ2v) is 7.89. The summed E-state index contributed by atoms with van der Waals surface area (Å²) in [6, 6.07) is 10.8. The first kappa shape index (κ1) is 18.5. The molecule has 3 fully saturated rings. The molecule has 0 radical (unpaired) electrons. The number of hydrogen-bond acceptors (Lipinski definition) is 5. The van der Waals surface area contributed by atoms with Crippen molar-refractivity contribution in [3.63, 3.8) is 0 Å². The van der Waals surface area contributed by atoms with Crippen LogP contribution in [0.15, 0.2) is 42.5 Å². The predicted octanol–water partition coefficient (Wildman–Crippen LogP) is 3.02. The lowest BCUT2D eigenvalue weighted by Crippen LogP contribution is -2.44. The van der Waals surface area contributed by atoms with Crippen LogP contribution in [0, 0.1) is 11.7 Å². The molecule has 0 saturated carbocycles. The topological polar surface area (TPSA) is 53.1 Å². The molecular weight excluding hydrogens is 397 g/mol. The first-order valence-electron chi connectivity index (χ1n) is 9.51. The maximum atomic E-state index is 14.0. The van der Waals surface area contributed by atoms with Gasteiger partial charge in [0, 0.05) is 13.1 Å². The average Bonchev–Trinajstić information content (AvgIpc) is 3.37. The van der Waals surface area contributed by atoms with Crippen molar-refractivity contribution in [3.05, 3.63) is 58.9 Å². The van der Waals surface area contributed by atoms with E-state index >= 15 is 0 Å². The molecule has 0 aliphatic carbocycles. The largest absolute Gasteiger partial charge is 0.497 e. The summed E-state index contributed by atoms with van der Waals surface area (Å²) in [6.45, 7) is 1.51. The van der Waals surface area contributed by atoms with Gasteiger partial charge in [-0.25, -0.2) is 19.3 Å². The highest BCUT2D eigenvalue weighted by Crippen LogP contribution is 2.49. The predicted molar refractivity (Wildman–Crippen MR) is 105 cm³/mol. The number of hydrazine groups is 1. The Kier molecular flexibility index (Phi) is 4.34. The van der Waals surface area contributed by atoms with E-state index in [1.165, 1.54) is 12.1 Å². The second-order valence-electron chi connectivity index (χ2n) is 7.48. The van der Waals surface area contributed by atoms with Gasteiger partial charge >= 0.3 is 0 Å². The fraction of sp³-hybridized carbons (Fsp3) is 0.333. The molecule has 8 heteroatoms. The molecule has 3 unspecified atom stereocenters. The summed E-state index contributed by atoms with van der Waals surface area (Å²) >= 11 is 5.77. The van der Waals surface area contributed by atoms with Gasteiger partial charge in [-0.1, -0.05) is 23.7 Å². The fourth-order valence-corrected chi connectivity index (χ4v) is 4.91. The molecule has 3 aliphatic rings. The molecule has 3 aliphatic heterocycles. The Bertz CT molecular complexity index is 999. The van der Waals surface area contributed by atoms with Gasteiger partial charge in [0.1, 0.15) is 17.6 Å². The third kappa shape index (κ3) is 2.68. The maximum absolute atomic E-state index is 14.0. The SMILES string of the molecule is COc1ccc(C2C3C(=O)N(c4ccc(Cl)c(F)c4)C(=O)C3N3CCCN23)cc1. The number of halogens is 2. The highest BCUT2D eigenvalue weighted by Gasteiger charge is 2.62. The van der Waals surface area contributed by atoms with E-state index in [2.05, 4.69) is 5.01 Å².